The summed E-state index contributed by atoms with van der Waals surface area (Å²) in [6, 6.07) is 4.77. The molecule has 8 nitrogen and oxygen atoms in total. The van der Waals surface area contributed by atoms with Gasteiger partial charge in [0, 0.05) is 26.3 Å². The van der Waals surface area contributed by atoms with Crippen molar-refractivity contribution in [2.24, 2.45) is 11.7 Å². The first kappa shape index (κ1) is 24.0. The van der Waals surface area contributed by atoms with Gasteiger partial charge >= 0.3 is 0 Å². The monoisotopic (exact) mass is 415 g/mol. The summed E-state index contributed by atoms with van der Waals surface area (Å²) in [6.45, 7) is 3.95. The van der Waals surface area contributed by atoms with Gasteiger partial charge in [0.25, 0.3) is 5.91 Å². The molecule has 1 unspecified atom stereocenters. The highest BCUT2D eigenvalue weighted by atomic mass is 35.5. The standard InChI is InChI=1S/C19H29N3O5.ClH/c1-3-21-17(23)12-27-15-5-4-13(10-16(15)25-2)11-22-19(24)18(20)14-6-8-26-9-7-14;/h4-5,10,14,18H,3,6-9,11-12,20H2,1-2H3,(H,21,23)(H,22,24);1H. The molecule has 0 aromatic heterocycles. The third kappa shape index (κ3) is 7.18. The van der Waals surface area contributed by atoms with Crippen LogP contribution in [0.3, 0.4) is 0 Å². The van der Waals surface area contributed by atoms with Crippen LogP contribution in [0.2, 0.25) is 0 Å². The van der Waals surface area contributed by atoms with Gasteiger partial charge in [-0.2, -0.15) is 0 Å². The second kappa shape index (κ2) is 12.4. The second-order valence-electron chi connectivity index (χ2n) is 6.42. The number of amides is 2. The van der Waals surface area contributed by atoms with E-state index < -0.39 is 6.04 Å². The van der Waals surface area contributed by atoms with Crippen LogP contribution in [0.15, 0.2) is 18.2 Å². The molecule has 1 aliphatic heterocycles. The molecule has 1 heterocycles. The van der Waals surface area contributed by atoms with Gasteiger partial charge < -0.3 is 30.6 Å². The number of carbonyl (C=O) groups excluding carboxylic acids is 2. The summed E-state index contributed by atoms with van der Waals surface area (Å²) in [6.07, 6.45) is 1.61. The van der Waals surface area contributed by atoms with Crippen LogP contribution in [0.5, 0.6) is 11.5 Å². The number of benzene rings is 1. The van der Waals surface area contributed by atoms with Crippen molar-refractivity contribution < 1.29 is 23.8 Å². The number of ether oxygens (including phenoxy) is 3. The Balaban J connectivity index is 0.00000392. The fourth-order valence-corrected chi connectivity index (χ4v) is 2.93. The summed E-state index contributed by atoms with van der Waals surface area (Å²) in [4.78, 5) is 23.8. The fraction of sp³-hybridized carbons (Fsp3) is 0.579. The van der Waals surface area contributed by atoms with Gasteiger partial charge in [-0.3, -0.25) is 9.59 Å². The molecule has 28 heavy (non-hydrogen) atoms. The van der Waals surface area contributed by atoms with Crippen LogP contribution in [0.4, 0.5) is 0 Å². The van der Waals surface area contributed by atoms with Crippen molar-refractivity contribution in [3.8, 4) is 11.5 Å². The zero-order valence-corrected chi connectivity index (χ0v) is 17.2. The molecule has 2 rings (SSSR count). The number of carbonyl (C=O) groups is 2. The predicted octanol–water partition coefficient (Wildman–Crippen LogP) is 1.00. The Kier molecular flexibility index (Phi) is 10.7. The maximum absolute atomic E-state index is 12.3. The Morgan fingerprint density at radius 1 is 1.25 bits per heavy atom. The maximum atomic E-state index is 12.3. The topological polar surface area (TPSA) is 112 Å². The van der Waals surface area contributed by atoms with Crippen LogP contribution in [-0.2, 0) is 20.9 Å². The van der Waals surface area contributed by atoms with Crippen molar-refractivity contribution in [1.82, 2.24) is 10.6 Å². The van der Waals surface area contributed by atoms with E-state index in [9.17, 15) is 9.59 Å². The zero-order valence-electron chi connectivity index (χ0n) is 16.4. The van der Waals surface area contributed by atoms with Crippen LogP contribution in [0, 0.1) is 5.92 Å². The van der Waals surface area contributed by atoms with Crippen LogP contribution < -0.4 is 25.8 Å². The average Bonchev–Trinajstić information content (AvgIpc) is 2.71. The average molecular weight is 416 g/mol. The van der Waals surface area contributed by atoms with Gasteiger partial charge in [-0.15, -0.1) is 12.4 Å². The van der Waals surface area contributed by atoms with E-state index in [-0.39, 0.29) is 36.7 Å². The van der Waals surface area contributed by atoms with Crippen LogP contribution >= 0.6 is 12.4 Å². The molecule has 2 amide bonds. The first-order valence-electron chi connectivity index (χ1n) is 9.22. The summed E-state index contributed by atoms with van der Waals surface area (Å²) < 4.78 is 16.1. The van der Waals surface area contributed by atoms with E-state index in [1.54, 1.807) is 12.1 Å². The maximum Gasteiger partial charge on any atom is 0.257 e. The summed E-state index contributed by atoms with van der Waals surface area (Å²) in [5, 5.41) is 5.53. The summed E-state index contributed by atoms with van der Waals surface area (Å²) in [7, 11) is 1.53. The molecule has 0 bridgehead atoms. The number of halogens is 1. The number of nitrogens with one attached hydrogen (secondary N) is 2. The highest BCUT2D eigenvalue weighted by Gasteiger charge is 2.26. The predicted molar refractivity (Wildman–Crippen MR) is 108 cm³/mol. The van der Waals surface area contributed by atoms with E-state index in [1.165, 1.54) is 7.11 Å². The summed E-state index contributed by atoms with van der Waals surface area (Å²) >= 11 is 0. The number of rotatable bonds is 9. The van der Waals surface area contributed by atoms with Crippen LogP contribution in [-0.4, -0.2) is 51.3 Å². The first-order valence-corrected chi connectivity index (χ1v) is 9.22. The second-order valence-corrected chi connectivity index (χ2v) is 6.42. The first-order chi connectivity index (χ1) is 13.0. The van der Waals surface area contributed by atoms with E-state index in [0.29, 0.717) is 37.8 Å². The Labute approximate surface area is 171 Å². The minimum absolute atomic E-state index is 0. The van der Waals surface area contributed by atoms with Gasteiger partial charge in [-0.25, -0.2) is 0 Å². The van der Waals surface area contributed by atoms with Gasteiger partial charge in [0.15, 0.2) is 18.1 Å². The molecule has 0 saturated carbocycles. The minimum Gasteiger partial charge on any atom is -0.493 e. The Bertz CT molecular complexity index is 638. The van der Waals surface area contributed by atoms with Crippen molar-refractivity contribution in [1.29, 1.82) is 0 Å². The summed E-state index contributed by atoms with van der Waals surface area (Å²) in [5.74, 6) is 0.756. The molecule has 9 heteroatoms. The van der Waals surface area contributed by atoms with Gasteiger partial charge in [0.1, 0.15) is 0 Å². The number of nitrogens with two attached hydrogens (primary N) is 1. The fourth-order valence-electron chi connectivity index (χ4n) is 2.93. The van der Waals surface area contributed by atoms with E-state index >= 15 is 0 Å². The molecule has 0 spiro atoms. The molecule has 1 fully saturated rings. The summed E-state index contributed by atoms with van der Waals surface area (Å²) in [5.41, 5.74) is 6.93. The molecule has 4 N–H and O–H groups in total. The van der Waals surface area contributed by atoms with E-state index in [0.717, 1.165) is 18.4 Å². The van der Waals surface area contributed by atoms with E-state index in [2.05, 4.69) is 10.6 Å². The van der Waals surface area contributed by atoms with E-state index in [1.807, 2.05) is 13.0 Å². The van der Waals surface area contributed by atoms with Crippen molar-refractivity contribution in [2.75, 3.05) is 33.5 Å². The van der Waals surface area contributed by atoms with Crippen molar-refractivity contribution in [3.05, 3.63) is 23.8 Å². The smallest absolute Gasteiger partial charge is 0.257 e. The Morgan fingerprint density at radius 3 is 2.61 bits per heavy atom. The SMILES string of the molecule is CCNC(=O)COc1ccc(CNC(=O)C(N)C2CCOCC2)cc1OC.Cl. The Morgan fingerprint density at radius 2 is 1.96 bits per heavy atom. The number of methoxy groups -OCH3 is 1. The Hall–Kier alpha value is -2.03. The van der Waals surface area contributed by atoms with Crippen molar-refractivity contribution in [2.45, 2.75) is 32.4 Å². The normalized spacial score (nSPS) is 15.1. The van der Waals surface area contributed by atoms with Gasteiger partial charge in [0.05, 0.1) is 13.2 Å². The van der Waals surface area contributed by atoms with Crippen molar-refractivity contribution in [3.63, 3.8) is 0 Å². The largest absolute Gasteiger partial charge is 0.493 e. The lowest BCUT2D eigenvalue weighted by Crippen LogP contribution is -2.46. The third-order valence-electron chi connectivity index (χ3n) is 4.50. The molecule has 0 aliphatic carbocycles. The van der Waals surface area contributed by atoms with Gasteiger partial charge in [-0.05, 0) is 43.4 Å². The zero-order chi connectivity index (χ0) is 19.6. The molecule has 1 aliphatic rings. The lowest BCUT2D eigenvalue weighted by Gasteiger charge is -2.26. The lowest BCUT2D eigenvalue weighted by molar-refractivity contribution is -0.124. The number of likely N-dealkylation sites (N-methyl/N-ethyl adjacent to an activating group) is 1. The molecule has 1 aromatic rings. The lowest BCUT2D eigenvalue weighted by atomic mass is 9.92. The molecular weight excluding hydrogens is 386 g/mol. The quantitative estimate of drug-likeness (QED) is 0.554. The number of hydrogen-bond acceptors (Lipinski definition) is 6. The highest BCUT2D eigenvalue weighted by molar-refractivity contribution is 5.85. The number of hydrogen-bond donors (Lipinski definition) is 3. The minimum atomic E-state index is -0.532. The van der Waals surface area contributed by atoms with Crippen LogP contribution in [0.1, 0.15) is 25.3 Å². The molecule has 1 saturated heterocycles. The van der Waals surface area contributed by atoms with Gasteiger partial charge in [-0.1, -0.05) is 6.07 Å². The molecular formula is C19H30ClN3O5. The molecule has 0 radical (unpaired) electrons. The van der Waals surface area contributed by atoms with Crippen LogP contribution in [0.25, 0.3) is 0 Å². The molecule has 1 aromatic carbocycles. The molecule has 158 valence electrons. The highest BCUT2D eigenvalue weighted by Crippen LogP contribution is 2.28. The van der Waals surface area contributed by atoms with E-state index in [4.69, 9.17) is 19.9 Å². The van der Waals surface area contributed by atoms with Gasteiger partial charge in [0.2, 0.25) is 5.91 Å². The third-order valence-corrected chi connectivity index (χ3v) is 4.50. The molecule has 1 atom stereocenters. The van der Waals surface area contributed by atoms with Crippen molar-refractivity contribution >= 4 is 24.2 Å².